The lowest BCUT2D eigenvalue weighted by atomic mass is 10.0. The van der Waals surface area contributed by atoms with Gasteiger partial charge >= 0.3 is 0 Å². The Morgan fingerprint density at radius 1 is 1.19 bits per heavy atom. The number of nitrogens with zero attached hydrogens (tertiary/aromatic N) is 5. The van der Waals surface area contributed by atoms with E-state index in [1.807, 2.05) is 24.6 Å². The Morgan fingerprint density at radius 2 is 1.88 bits per heavy atom. The van der Waals surface area contributed by atoms with Gasteiger partial charge in [0.2, 0.25) is 16.0 Å². The van der Waals surface area contributed by atoms with Crippen molar-refractivity contribution < 1.29 is 17.6 Å². The molecule has 0 radical (unpaired) electrons. The highest BCUT2D eigenvalue weighted by molar-refractivity contribution is 7.89. The van der Waals surface area contributed by atoms with Gasteiger partial charge in [0.1, 0.15) is 10.8 Å². The van der Waals surface area contributed by atoms with Crippen LogP contribution in [0.25, 0.3) is 10.9 Å². The first kappa shape index (κ1) is 29.1. The number of rotatable bonds is 7. The van der Waals surface area contributed by atoms with Crippen LogP contribution in [0.3, 0.4) is 0 Å². The SMILES string of the molecule is Cc1cc([C@@H](C)Nc2ccc(Cl)nc2C(=O)NS(C)(=O)=O)c2nc(N3C[C@@H]4C(c5n[nH]c(C)c5F)[C@@H]4C3)n(C)c(=O)c2c1. The molecular weight excluding hydrogens is 599 g/mol. The number of aromatic amines is 1. The summed E-state index contributed by atoms with van der Waals surface area (Å²) in [5.74, 6) is -0.215. The molecule has 2 aliphatic rings. The van der Waals surface area contributed by atoms with Gasteiger partial charge < -0.3 is 10.2 Å². The van der Waals surface area contributed by atoms with Crippen molar-refractivity contribution in [2.75, 3.05) is 29.6 Å². The van der Waals surface area contributed by atoms with Gasteiger partial charge in [-0.3, -0.25) is 19.3 Å². The number of sulfonamides is 1. The van der Waals surface area contributed by atoms with Crippen molar-refractivity contribution in [3.05, 3.63) is 73.8 Å². The first-order valence-corrected chi connectivity index (χ1v) is 15.9. The summed E-state index contributed by atoms with van der Waals surface area (Å²) in [4.78, 5) is 37.4. The predicted molar refractivity (Wildman–Crippen MR) is 161 cm³/mol. The molecule has 226 valence electrons. The summed E-state index contributed by atoms with van der Waals surface area (Å²) >= 11 is 6.02. The molecule has 4 atom stereocenters. The number of amides is 1. The summed E-state index contributed by atoms with van der Waals surface area (Å²) in [5.41, 5.74) is 2.81. The Bertz CT molecular complexity index is 1970. The van der Waals surface area contributed by atoms with Gasteiger partial charge in [-0.1, -0.05) is 17.7 Å². The molecule has 0 bridgehead atoms. The van der Waals surface area contributed by atoms with Crippen LogP contribution in [-0.2, 0) is 17.1 Å². The van der Waals surface area contributed by atoms with Crippen molar-refractivity contribution in [1.82, 2.24) is 29.5 Å². The van der Waals surface area contributed by atoms with Gasteiger partial charge in [-0.15, -0.1) is 0 Å². The Kier molecular flexibility index (Phi) is 6.96. The molecule has 1 aliphatic carbocycles. The molecule has 2 fully saturated rings. The zero-order chi connectivity index (χ0) is 31.0. The quantitative estimate of drug-likeness (QED) is 0.262. The standard InChI is InChI=1S/C28H30ClFN8O4S/c1-12-8-15(13(2)31-19-6-7-20(29)32-24(19)26(39)36-43(5,41)42)23-16(9-12)27(40)37(4)28(33-23)38-10-17-18(11-38)21(17)25-22(30)14(3)34-35-25/h6-9,13,17-18,21,31H,10-11H2,1-5H3,(H,34,35)(H,36,39)/t13-,17-,18+,21?/m1/s1. The number of carbonyl (C=O) groups excluding carboxylic acids is 1. The van der Waals surface area contributed by atoms with Crippen molar-refractivity contribution in [3.8, 4) is 0 Å². The number of carbonyl (C=O) groups is 1. The fourth-order valence-electron chi connectivity index (χ4n) is 6.16. The number of benzene rings is 1. The zero-order valence-corrected chi connectivity index (χ0v) is 25.6. The number of nitrogens with one attached hydrogen (secondary N) is 3. The first-order chi connectivity index (χ1) is 20.2. The Hall–Kier alpha value is -4.04. The smallest absolute Gasteiger partial charge is 0.285 e. The summed E-state index contributed by atoms with van der Waals surface area (Å²) in [7, 11) is -2.15. The van der Waals surface area contributed by atoms with Crippen molar-refractivity contribution >= 4 is 50.1 Å². The number of piperidine rings is 1. The van der Waals surface area contributed by atoms with E-state index in [1.165, 1.54) is 12.1 Å². The number of fused-ring (bicyclic) bond motifs is 2. The summed E-state index contributed by atoms with van der Waals surface area (Å²) in [6.45, 7) is 6.63. The van der Waals surface area contributed by atoms with Crippen LogP contribution in [0, 0.1) is 31.5 Å². The minimum absolute atomic E-state index is 0.0173. The average molecular weight is 629 g/mol. The first-order valence-electron chi connectivity index (χ1n) is 13.6. The van der Waals surface area contributed by atoms with Crippen molar-refractivity contribution in [2.45, 2.75) is 32.7 Å². The van der Waals surface area contributed by atoms with E-state index in [9.17, 15) is 22.4 Å². The van der Waals surface area contributed by atoms with Crippen LogP contribution >= 0.6 is 11.6 Å². The third-order valence-electron chi connectivity index (χ3n) is 8.21. The molecule has 43 heavy (non-hydrogen) atoms. The Labute approximate surface area is 251 Å². The van der Waals surface area contributed by atoms with Crippen molar-refractivity contribution in [1.29, 1.82) is 0 Å². The van der Waals surface area contributed by atoms with E-state index >= 15 is 0 Å². The van der Waals surface area contributed by atoms with Crippen LogP contribution in [0.15, 0.2) is 29.1 Å². The molecule has 1 aliphatic heterocycles. The number of aromatic nitrogens is 5. The van der Waals surface area contributed by atoms with Gasteiger partial charge in [0.15, 0.2) is 11.5 Å². The van der Waals surface area contributed by atoms with Gasteiger partial charge in [0.05, 0.1) is 34.6 Å². The van der Waals surface area contributed by atoms with Crippen LogP contribution in [-0.4, -0.2) is 58.4 Å². The van der Waals surface area contributed by atoms with E-state index < -0.39 is 22.0 Å². The maximum atomic E-state index is 14.5. The maximum Gasteiger partial charge on any atom is 0.285 e. The molecule has 0 spiro atoms. The number of hydrogen-bond acceptors (Lipinski definition) is 9. The Morgan fingerprint density at radius 3 is 2.51 bits per heavy atom. The highest BCUT2D eigenvalue weighted by Crippen LogP contribution is 2.58. The number of anilines is 2. The Balaban J connectivity index is 1.33. The number of pyridine rings is 1. The van der Waals surface area contributed by atoms with Crippen molar-refractivity contribution in [2.24, 2.45) is 18.9 Å². The molecule has 4 heterocycles. The fraction of sp³-hybridized carbons (Fsp3) is 0.393. The minimum atomic E-state index is -3.85. The lowest BCUT2D eigenvalue weighted by Gasteiger charge is -2.25. The van der Waals surface area contributed by atoms with Crippen LogP contribution in [0.2, 0.25) is 5.15 Å². The molecule has 3 N–H and O–H groups in total. The zero-order valence-electron chi connectivity index (χ0n) is 24.1. The van der Waals surface area contributed by atoms with E-state index in [0.29, 0.717) is 46.9 Å². The molecule has 1 saturated carbocycles. The van der Waals surface area contributed by atoms with Gasteiger partial charge in [-0.05, 0) is 56.4 Å². The van der Waals surface area contributed by atoms with E-state index in [1.54, 1.807) is 24.6 Å². The van der Waals surface area contributed by atoms with E-state index in [0.717, 1.165) is 11.8 Å². The highest BCUT2D eigenvalue weighted by atomic mass is 35.5. The number of halogens is 2. The highest BCUT2D eigenvalue weighted by Gasteiger charge is 2.59. The summed E-state index contributed by atoms with van der Waals surface area (Å²) in [5, 5.41) is 10.6. The molecule has 1 aromatic carbocycles. The molecule has 15 heteroatoms. The topological polar surface area (TPSA) is 155 Å². The van der Waals surface area contributed by atoms with Crippen LogP contribution in [0.5, 0.6) is 0 Å². The molecule has 6 rings (SSSR count). The molecular formula is C28H30ClFN8O4S. The van der Waals surface area contributed by atoms with Gasteiger partial charge in [0.25, 0.3) is 11.5 Å². The van der Waals surface area contributed by atoms with Crippen LogP contribution in [0.4, 0.5) is 16.0 Å². The molecule has 4 aromatic rings. The van der Waals surface area contributed by atoms with Crippen LogP contribution in [0.1, 0.15) is 51.9 Å². The normalized spacial score (nSPS) is 20.3. The van der Waals surface area contributed by atoms with Crippen molar-refractivity contribution in [3.63, 3.8) is 0 Å². The van der Waals surface area contributed by atoms with Gasteiger partial charge in [-0.25, -0.2) is 27.5 Å². The average Bonchev–Trinajstić information content (AvgIpc) is 3.22. The second-order valence-corrected chi connectivity index (χ2v) is 13.6. The van der Waals surface area contributed by atoms with Gasteiger partial charge in [-0.2, -0.15) is 5.10 Å². The fourth-order valence-corrected chi connectivity index (χ4v) is 6.74. The maximum absolute atomic E-state index is 14.5. The largest absolute Gasteiger partial charge is 0.377 e. The van der Waals surface area contributed by atoms with E-state index in [-0.39, 0.29) is 45.7 Å². The monoisotopic (exact) mass is 628 g/mol. The van der Waals surface area contributed by atoms with Crippen LogP contribution < -0.4 is 20.5 Å². The van der Waals surface area contributed by atoms with E-state index in [2.05, 4.69) is 25.4 Å². The molecule has 1 amide bonds. The molecule has 1 saturated heterocycles. The second kappa shape index (κ2) is 10.3. The third kappa shape index (κ3) is 5.22. The lowest BCUT2D eigenvalue weighted by Crippen LogP contribution is -2.32. The summed E-state index contributed by atoms with van der Waals surface area (Å²) < 4.78 is 41.3. The van der Waals surface area contributed by atoms with E-state index in [4.69, 9.17) is 16.6 Å². The minimum Gasteiger partial charge on any atom is -0.377 e. The van der Waals surface area contributed by atoms with Gasteiger partial charge in [0, 0.05) is 31.6 Å². The number of aryl methyl sites for hydroxylation is 2. The number of H-pyrrole nitrogens is 1. The lowest BCUT2D eigenvalue weighted by molar-refractivity contribution is 0.0977. The number of hydrogen-bond donors (Lipinski definition) is 3. The second-order valence-electron chi connectivity index (χ2n) is 11.4. The third-order valence-corrected chi connectivity index (χ3v) is 8.98. The predicted octanol–water partition coefficient (Wildman–Crippen LogP) is 3.17. The summed E-state index contributed by atoms with van der Waals surface area (Å²) in [6, 6.07) is 6.24. The molecule has 12 nitrogen and oxygen atoms in total. The summed E-state index contributed by atoms with van der Waals surface area (Å²) in [6.07, 6.45) is 0.869. The molecule has 3 aromatic heterocycles. The molecule has 1 unspecified atom stereocenters.